The second-order valence-corrected chi connectivity index (χ2v) is 4.26. The second kappa shape index (κ2) is 6.83. The highest BCUT2D eigenvalue weighted by atomic mass is 16.5. The number of Topliss-reactive ketones (excluding diaryl/α,β-unsaturated/α-hetero) is 1. The third-order valence-corrected chi connectivity index (χ3v) is 2.78. The van der Waals surface area contributed by atoms with Gasteiger partial charge in [0, 0.05) is 0 Å². The van der Waals surface area contributed by atoms with Gasteiger partial charge in [0.1, 0.15) is 12.7 Å². The first kappa shape index (κ1) is 13.5. The number of rotatable bonds is 6. The molecule has 3 heteroatoms. The number of hydrogen-bond acceptors (Lipinski definition) is 3. The Balaban J connectivity index is 1.82. The Bertz CT molecular complexity index is 508. The highest BCUT2D eigenvalue weighted by Gasteiger charge is 2.16. The molecule has 0 spiro atoms. The van der Waals surface area contributed by atoms with Crippen LogP contribution in [0.3, 0.4) is 0 Å². The monoisotopic (exact) mass is 256 g/mol. The predicted octanol–water partition coefficient (Wildman–Crippen LogP) is 2.51. The van der Waals surface area contributed by atoms with Crippen molar-refractivity contribution in [3.63, 3.8) is 0 Å². The van der Waals surface area contributed by atoms with E-state index in [2.05, 4.69) is 0 Å². The fourth-order valence-electron chi connectivity index (χ4n) is 1.74. The van der Waals surface area contributed by atoms with Gasteiger partial charge < -0.3 is 9.84 Å². The van der Waals surface area contributed by atoms with Crippen molar-refractivity contribution >= 4 is 5.78 Å². The summed E-state index contributed by atoms with van der Waals surface area (Å²) in [6, 6.07) is 18.5. The van der Waals surface area contributed by atoms with Crippen LogP contribution in [-0.4, -0.2) is 17.5 Å². The first-order valence-corrected chi connectivity index (χ1v) is 6.15. The van der Waals surface area contributed by atoms with E-state index in [0.717, 1.165) is 5.56 Å². The number of ether oxygens (including phenoxy) is 1. The Morgan fingerprint density at radius 3 is 2.21 bits per heavy atom. The number of benzene rings is 2. The summed E-state index contributed by atoms with van der Waals surface area (Å²) < 4.78 is 5.31. The van der Waals surface area contributed by atoms with E-state index < -0.39 is 6.10 Å². The first-order chi connectivity index (χ1) is 9.27. The lowest BCUT2D eigenvalue weighted by atomic mass is 10.1. The van der Waals surface area contributed by atoms with Crippen LogP contribution in [0.4, 0.5) is 0 Å². The quantitative estimate of drug-likeness (QED) is 0.863. The van der Waals surface area contributed by atoms with Crippen LogP contribution < -0.4 is 0 Å². The van der Waals surface area contributed by atoms with E-state index in [4.69, 9.17) is 4.74 Å². The molecule has 3 nitrogen and oxygen atoms in total. The summed E-state index contributed by atoms with van der Waals surface area (Å²) in [6.07, 6.45) is -1.11. The molecule has 1 unspecified atom stereocenters. The van der Waals surface area contributed by atoms with Gasteiger partial charge in [0.15, 0.2) is 5.78 Å². The largest absolute Gasteiger partial charge is 0.380 e. The van der Waals surface area contributed by atoms with E-state index in [0.29, 0.717) is 12.2 Å². The Kier molecular flexibility index (Phi) is 4.84. The van der Waals surface area contributed by atoms with Gasteiger partial charge in [-0.1, -0.05) is 60.7 Å². The molecule has 0 aliphatic heterocycles. The number of carbonyl (C=O) groups excluding carboxylic acids is 1. The van der Waals surface area contributed by atoms with Gasteiger partial charge in [0.05, 0.1) is 6.61 Å². The van der Waals surface area contributed by atoms with Crippen LogP contribution in [0.2, 0.25) is 0 Å². The van der Waals surface area contributed by atoms with Gasteiger partial charge in [0.2, 0.25) is 0 Å². The summed E-state index contributed by atoms with van der Waals surface area (Å²) in [6.45, 7) is 0.277. The van der Waals surface area contributed by atoms with Crippen molar-refractivity contribution in [2.45, 2.75) is 12.7 Å². The minimum atomic E-state index is -1.11. The lowest BCUT2D eigenvalue weighted by molar-refractivity contribution is -0.132. The number of aliphatic hydroxyl groups excluding tert-OH is 1. The van der Waals surface area contributed by atoms with Crippen LogP contribution in [0.25, 0.3) is 0 Å². The molecule has 0 aromatic heterocycles. The fraction of sp³-hybridized carbons (Fsp3) is 0.188. The maximum Gasteiger partial charge on any atom is 0.191 e. The van der Waals surface area contributed by atoms with E-state index in [9.17, 15) is 9.90 Å². The molecule has 2 aromatic rings. The molecule has 2 aromatic carbocycles. The van der Waals surface area contributed by atoms with E-state index in [1.165, 1.54) is 0 Å². The average Bonchev–Trinajstić information content (AvgIpc) is 2.48. The maximum atomic E-state index is 11.8. The SMILES string of the molecule is O=C(COCc1ccccc1)C(O)c1ccccc1. The van der Waals surface area contributed by atoms with Crippen LogP contribution in [0.15, 0.2) is 60.7 Å². The van der Waals surface area contributed by atoms with Gasteiger partial charge in [-0.25, -0.2) is 0 Å². The Hall–Kier alpha value is -1.97. The molecule has 0 bridgehead atoms. The molecule has 0 aliphatic rings. The van der Waals surface area contributed by atoms with Gasteiger partial charge in [-0.2, -0.15) is 0 Å². The summed E-state index contributed by atoms with van der Waals surface area (Å²) in [7, 11) is 0. The number of aliphatic hydroxyl groups is 1. The average molecular weight is 256 g/mol. The van der Waals surface area contributed by atoms with E-state index in [1.54, 1.807) is 24.3 Å². The van der Waals surface area contributed by atoms with Gasteiger partial charge in [0.25, 0.3) is 0 Å². The van der Waals surface area contributed by atoms with Crippen molar-refractivity contribution in [3.8, 4) is 0 Å². The lowest BCUT2D eigenvalue weighted by Crippen LogP contribution is -2.17. The predicted molar refractivity (Wildman–Crippen MR) is 72.5 cm³/mol. The highest BCUT2D eigenvalue weighted by Crippen LogP contribution is 2.13. The van der Waals surface area contributed by atoms with Crippen molar-refractivity contribution in [2.24, 2.45) is 0 Å². The molecular formula is C16H16O3. The van der Waals surface area contributed by atoms with E-state index in [1.807, 2.05) is 36.4 Å². The van der Waals surface area contributed by atoms with Crippen LogP contribution >= 0.6 is 0 Å². The molecule has 1 N–H and O–H groups in total. The molecule has 0 fully saturated rings. The molecule has 2 rings (SSSR count). The van der Waals surface area contributed by atoms with Crippen LogP contribution in [-0.2, 0) is 16.1 Å². The minimum absolute atomic E-state index is 0.0923. The normalized spacial score (nSPS) is 12.1. The smallest absolute Gasteiger partial charge is 0.191 e. The fourth-order valence-corrected chi connectivity index (χ4v) is 1.74. The number of ketones is 1. The topological polar surface area (TPSA) is 46.5 Å². The summed E-state index contributed by atoms with van der Waals surface area (Å²) in [5.74, 6) is -0.331. The van der Waals surface area contributed by atoms with Gasteiger partial charge in [-0.05, 0) is 11.1 Å². The molecular weight excluding hydrogens is 240 g/mol. The van der Waals surface area contributed by atoms with Crippen molar-refractivity contribution in [1.82, 2.24) is 0 Å². The maximum absolute atomic E-state index is 11.8. The van der Waals surface area contributed by atoms with Crippen molar-refractivity contribution in [2.75, 3.05) is 6.61 Å². The molecule has 1 atom stereocenters. The third kappa shape index (κ3) is 4.02. The number of carbonyl (C=O) groups is 1. The standard InChI is InChI=1S/C16H16O3/c17-15(16(18)14-9-5-2-6-10-14)12-19-11-13-7-3-1-4-8-13/h1-10,16,18H,11-12H2. The van der Waals surface area contributed by atoms with Gasteiger partial charge in [-0.15, -0.1) is 0 Å². The molecule has 0 saturated carbocycles. The summed E-state index contributed by atoms with van der Waals surface area (Å²) in [4.78, 5) is 11.8. The third-order valence-electron chi connectivity index (χ3n) is 2.78. The zero-order valence-electron chi connectivity index (χ0n) is 10.5. The van der Waals surface area contributed by atoms with E-state index >= 15 is 0 Å². The molecule has 98 valence electrons. The zero-order chi connectivity index (χ0) is 13.5. The summed E-state index contributed by atoms with van der Waals surface area (Å²) in [5, 5.41) is 9.86. The molecule has 0 heterocycles. The Labute approximate surface area is 112 Å². The lowest BCUT2D eigenvalue weighted by Gasteiger charge is -2.10. The number of hydrogen-bond donors (Lipinski definition) is 1. The Morgan fingerprint density at radius 2 is 1.58 bits per heavy atom. The minimum Gasteiger partial charge on any atom is -0.380 e. The Morgan fingerprint density at radius 1 is 1.00 bits per heavy atom. The molecule has 0 radical (unpaired) electrons. The first-order valence-electron chi connectivity index (χ1n) is 6.15. The summed E-state index contributed by atoms with van der Waals surface area (Å²) >= 11 is 0. The van der Waals surface area contributed by atoms with Crippen LogP contribution in [0.5, 0.6) is 0 Å². The molecule has 19 heavy (non-hydrogen) atoms. The highest BCUT2D eigenvalue weighted by molar-refractivity contribution is 5.85. The molecule has 0 saturated heterocycles. The summed E-state index contributed by atoms with van der Waals surface area (Å²) in [5.41, 5.74) is 1.60. The van der Waals surface area contributed by atoms with Crippen molar-refractivity contribution in [1.29, 1.82) is 0 Å². The van der Waals surface area contributed by atoms with E-state index in [-0.39, 0.29) is 12.4 Å². The molecule has 0 aliphatic carbocycles. The van der Waals surface area contributed by atoms with Gasteiger partial charge in [-0.3, -0.25) is 4.79 Å². The van der Waals surface area contributed by atoms with Crippen LogP contribution in [0, 0.1) is 0 Å². The van der Waals surface area contributed by atoms with Gasteiger partial charge >= 0.3 is 0 Å². The molecule has 0 amide bonds. The second-order valence-electron chi connectivity index (χ2n) is 4.26. The van der Waals surface area contributed by atoms with Crippen LogP contribution in [0.1, 0.15) is 17.2 Å². The van der Waals surface area contributed by atoms with Crippen molar-refractivity contribution in [3.05, 3.63) is 71.8 Å². The van der Waals surface area contributed by atoms with Crippen molar-refractivity contribution < 1.29 is 14.6 Å². The zero-order valence-corrected chi connectivity index (χ0v) is 10.5.